The Morgan fingerprint density at radius 1 is 1.16 bits per heavy atom. The first kappa shape index (κ1) is 26.0. The number of halogens is 2. The normalized spacial score (nSPS) is 27.8. The molecule has 2 aliphatic rings. The maximum atomic E-state index is 14.0. The third kappa shape index (κ3) is 3.61. The van der Waals surface area contributed by atoms with Crippen molar-refractivity contribution in [2.75, 3.05) is 20.2 Å². The number of hydrogen-bond donors (Lipinski definition) is 2. The van der Waals surface area contributed by atoms with E-state index in [1.165, 1.54) is 13.2 Å². The summed E-state index contributed by atoms with van der Waals surface area (Å²) in [4.78, 5) is 20.0. The highest BCUT2D eigenvalue weighted by Gasteiger charge is 2.78. The molecular formula is C28H28BrClN2O5. The lowest BCUT2D eigenvalue weighted by Gasteiger charge is -2.40. The van der Waals surface area contributed by atoms with Crippen LogP contribution in [0.15, 0.2) is 65.1 Å². The van der Waals surface area contributed by atoms with E-state index in [1.807, 2.05) is 68.4 Å². The van der Waals surface area contributed by atoms with Gasteiger partial charge in [-0.05, 0) is 37.1 Å². The summed E-state index contributed by atoms with van der Waals surface area (Å²) in [6, 6.07) is 18.2. The maximum absolute atomic E-state index is 14.0. The average molecular weight is 588 g/mol. The summed E-state index contributed by atoms with van der Waals surface area (Å²) in [7, 11) is 1.41. The van der Waals surface area contributed by atoms with E-state index in [2.05, 4.69) is 20.9 Å². The molecule has 0 spiro atoms. The van der Waals surface area contributed by atoms with E-state index in [0.29, 0.717) is 18.7 Å². The molecule has 1 amide bonds. The summed E-state index contributed by atoms with van der Waals surface area (Å²) in [5.74, 6) is -1.78. The molecule has 1 aliphatic heterocycles. The van der Waals surface area contributed by atoms with Gasteiger partial charge in [-0.15, -0.1) is 0 Å². The van der Waals surface area contributed by atoms with E-state index in [1.54, 1.807) is 4.90 Å². The van der Waals surface area contributed by atoms with Gasteiger partial charge in [0.2, 0.25) is 11.8 Å². The van der Waals surface area contributed by atoms with Crippen LogP contribution in [0.2, 0.25) is 5.15 Å². The number of fused-ring (bicyclic) bond motifs is 3. The number of hydrogen-bond acceptors (Lipinski definition) is 6. The number of carbonyl (C=O) groups is 1. The molecule has 2 aromatic carbocycles. The van der Waals surface area contributed by atoms with E-state index in [0.717, 1.165) is 10.0 Å². The standard InChI is InChI=1S/C28H28BrClN2O5/c1-4-32(5-2)26(34)21-22(16-9-7-6-8-10-16)28(17-11-13-18(29)14-12-17)27(35,24(21)33)23-19(37-28)15-20(30)31-25(23)36-3/h6-15,21-22,24,33,35H,4-5H2,1-3H3/t21-,22-,24-,27+,28+/m1/s1. The van der Waals surface area contributed by atoms with Crippen LogP contribution < -0.4 is 9.47 Å². The van der Waals surface area contributed by atoms with Gasteiger partial charge in [-0.25, -0.2) is 4.98 Å². The molecule has 1 fully saturated rings. The fraction of sp³-hybridized carbons (Fsp3) is 0.357. The van der Waals surface area contributed by atoms with Crippen molar-refractivity contribution >= 4 is 33.4 Å². The third-order valence-electron chi connectivity index (χ3n) is 7.69. The summed E-state index contributed by atoms with van der Waals surface area (Å²) in [5, 5.41) is 25.0. The van der Waals surface area contributed by atoms with Gasteiger partial charge in [-0.2, -0.15) is 0 Å². The number of amides is 1. The molecule has 0 radical (unpaired) electrons. The van der Waals surface area contributed by atoms with Crippen LogP contribution in [0.1, 0.15) is 36.5 Å². The number of nitrogens with zero attached hydrogens (tertiary/aromatic N) is 2. The molecule has 9 heteroatoms. The summed E-state index contributed by atoms with van der Waals surface area (Å²) >= 11 is 9.77. The highest BCUT2D eigenvalue weighted by molar-refractivity contribution is 9.10. The van der Waals surface area contributed by atoms with Crippen LogP contribution in [0.4, 0.5) is 0 Å². The maximum Gasteiger partial charge on any atom is 0.229 e. The molecule has 5 atom stereocenters. The van der Waals surface area contributed by atoms with E-state index < -0.39 is 29.1 Å². The number of aliphatic hydroxyl groups excluding tert-OH is 1. The van der Waals surface area contributed by atoms with Crippen LogP contribution in [0.5, 0.6) is 11.6 Å². The highest BCUT2D eigenvalue weighted by Crippen LogP contribution is 2.70. The van der Waals surface area contributed by atoms with Crippen molar-refractivity contribution in [3.05, 3.63) is 87.0 Å². The lowest BCUT2D eigenvalue weighted by molar-refractivity contribution is -0.157. The predicted molar refractivity (Wildman–Crippen MR) is 143 cm³/mol. The van der Waals surface area contributed by atoms with Crippen LogP contribution in [-0.2, 0) is 16.0 Å². The molecule has 0 saturated heterocycles. The largest absolute Gasteiger partial charge is 0.481 e. The zero-order valence-electron chi connectivity index (χ0n) is 20.7. The first-order valence-electron chi connectivity index (χ1n) is 12.2. The minimum absolute atomic E-state index is 0.0331. The minimum atomic E-state index is -2.09. The van der Waals surface area contributed by atoms with Crippen molar-refractivity contribution in [3.63, 3.8) is 0 Å². The van der Waals surface area contributed by atoms with Gasteiger partial charge < -0.3 is 24.6 Å². The first-order chi connectivity index (χ1) is 17.7. The topological polar surface area (TPSA) is 92.1 Å². The van der Waals surface area contributed by atoms with Crippen LogP contribution in [0.3, 0.4) is 0 Å². The van der Waals surface area contributed by atoms with Crippen molar-refractivity contribution < 1.29 is 24.5 Å². The van der Waals surface area contributed by atoms with Crippen molar-refractivity contribution in [2.45, 2.75) is 37.1 Å². The van der Waals surface area contributed by atoms with Crippen LogP contribution in [-0.4, -0.2) is 52.3 Å². The number of aliphatic hydroxyl groups is 2. The number of carbonyl (C=O) groups excluding carboxylic acids is 1. The SMILES string of the molecule is CCN(CC)C(=O)[C@H]1[C@@H](O)[C@@]2(O)c3c(cc(Cl)nc3OC)O[C@@]2(c2ccc(Br)cc2)[C@@H]1c1ccccc1. The van der Waals surface area contributed by atoms with Gasteiger partial charge in [-0.3, -0.25) is 4.79 Å². The van der Waals surface area contributed by atoms with Crippen molar-refractivity contribution in [2.24, 2.45) is 5.92 Å². The minimum Gasteiger partial charge on any atom is -0.481 e. The summed E-state index contributed by atoms with van der Waals surface area (Å²) < 4.78 is 13.1. The lowest BCUT2D eigenvalue weighted by atomic mass is 9.70. The molecule has 0 unspecified atom stereocenters. The number of pyridine rings is 1. The molecule has 7 nitrogen and oxygen atoms in total. The molecule has 37 heavy (non-hydrogen) atoms. The Morgan fingerprint density at radius 3 is 2.41 bits per heavy atom. The molecule has 1 aliphatic carbocycles. The molecule has 1 saturated carbocycles. The quantitative estimate of drug-likeness (QED) is 0.409. The van der Waals surface area contributed by atoms with E-state index in [4.69, 9.17) is 21.1 Å². The monoisotopic (exact) mass is 586 g/mol. The molecule has 2 heterocycles. The Morgan fingerprint density at radius 2 is 1.81 bits per heavy atom. The van der Waals surface area contributed by atoms with E-state index in [-0.39, 0.29) is 28.3 Å². The van der Waals surface area contributed by atoms with Gasteiger partial charge in [0.05, 0.1) is 18.6 Å². The number of rotatable bonds is 6. The average Bonchev–Trinajstić information content (AvgIpc) is 3.27. The Bertz CT molecular complexity index is 1320. The van der Waals surface area contributed by atoms with Gasteiger partial charge in [0.25, 0.3) is 0 Å². The van der Waals surface area contributed by atoms with Crippen molar-refractivity contribution in [1.82, 2.24) is 9.88 Å². The van der Waals surface area contributed by atoms with Crippen molar-refractivity contribution in [1.29, 1.82) is 0 Å². The molecular weight excluding hydrogens is 560 g/mol. The van der Waals surface area contributed by atoms with Crippen LogP contribution >= 0.6 is 27.5 Å². The molecule has 5 rings (SSSR count). The number of methoxy groups -OCH3 is 1. The molecule has 3 aromatic rings. The zero-order chi connectivity index (χ0) is 26.5. The Labute approximate surface area is 229 Å². The Hall–Kier alpha value is -2.65. The number of aromatic nitrogens is 1. The summed E-state index contributed by atoms with van der Waals surface area (Å²) in [6.45, 7) is 4.70. The van der Waals surface area contributed by atoms with Gasteiger partial charge in [0, 0.05) is 29.5 Å². The predicted octanol–water partition coefficient (Wildman–Crippen LogP) is 4.62. The molecule has 0 bridgehead atoms. The smallest absolute Gasteiger partial charge is 0.229 e. The van der Waals surface area contributed by atoms with E-state index in [9.17, 15) is 15.0 Å². The fourth-order valence-corrected chi connectivity index (χ4v) is 6.57. The van der Waals surface area contributed by atoms with Gasteiger partial charge in [-0.1, -0.05) is 70.0 Å². The van der Waals surface area contributed by atoms with Gasteiger partial charge in [0.1, 0.15) is 17.0 Å². The van der Waals surface area contributed by atoms with Crippen LogP contribution in [0, 0.1) is 5.92 Å². The molecule has 2 N–H and O–H groups in total. The highest BCUT2D eigenvalue weighted by atomic mass is 79.9. The number of benzene rings is 2. The summed E-state index contributed by atoms with van der Waals surface area (Å²) in [5.41, 5.74) is -2.17. The lowest BCUT2D eigenvalue weighted by Crippen LogP contribution is -2.52. The van der Waals surface area contributed by atoms with Gasteiger partial charge >= 0.3 is 0 Å². The molecule has 194 valence electrons. The summed E-state index contributed by atoms with van der Waals surface area (Å²) in [6.07, 6.45) is -1.55. The second-order valence-corrected chi connectivity index (χ2v) is 10.6. The second kappa shape index (κ2) is 9.58. The molecule has 1 aromatic heterocycles. The van der Waals surface area contributed by atoms with Crippen molar-refractivity contribution in [3.8, 4) is 11.6 Å². The fourth-order valence-electron chi connectivity index (χ4n) is 6.13. The van der Waals surface area contributed by atoms with Gasteiger partial charge in [0.15, 0.2) is 11.2 Å². The first-order valence-corrected chi connectivity index (χ1v) is 13.4. The number of ether oxygens (including phenoxy) is 2. The van der Waals surface area contributed by atoms with Crippen LogP contribution in [0.25, 0.3) is 0 Å². The third-order valence-corrected chi connectivity index (χ3v) is 8.41. The Balaban J connectivity index is 1.88. The second-order valence-electron chi connectivity index (χ2n) is 9.31. The zero-order valence-corrected chi connectivity index (χ0v) is 23.0. The Kier molecular flexibility index (Phi) is 6.73. The van der Waals surface area contributed by atoms with E-state index >= 15 is 0 Å².